The van der Waals surface area contributed by atoms with E-state index in [9.17, 15) is 15.0 Å². The average molecular weight is 1190 g/mol. The summed E-state index contributed by atoms with van der Waals surface area (Å²) in [4.78, 5) is 12.5. The van der Waals surface area contributed by atoms with Crippen LogP contribution in [0.1, 0.15) is 322 Å². The van der Waals surface area contributed by atoms with Crippen LogP contribution in [-0.4, -0.2) is 34.9 Å². The first-order valence-electron chi connectivity index (χ1n) is 36.3. The first kappa shape index (κ1) is 81.8. The number of hydrogen-bond donors (Lipinski definition) is 3. The van der Waals surface area contributed by atoms with Crippen LogP contribution in [0, 0.1) is 0 Å². The van der Waals surface area contributed by atoms with E-state index in [2.05, 4.69) is 177 Å². The van der Waals surface area contributed by atoms with Crippen LogP contribution in [0.3, 0.4) is 0 Å². The van der Waals surface area contributed by atoms with Crippen LogP contribution >= 0.6 is 0 Å². The van der Waals surface area contributed by atoms with Gasteiger partial charge in [-0.2, -0.15) is 0 Å². The molecule has 0 aromatic carbocycles. The van der Waals surface area contributed by atoms with E-state index in [1.54, 1.807) is 6.08 Å². The van der Waals surface area contributed by atoms with Crippen LogP contribution in [0.4, 0.5) is 0 Å². The van der Waals surface area contributed by atoms with Crippen molar-refractivity contribution in [2.75, 3.05) is 6.61 Å². The van der Waals surface area contributed by atoms with Gasteiger partial charge in [-0.3, -0.25) is 4.79 Å². The van der Waals surface area contributed by atoms with Gasteiger partial charge in [-0.15, -0.1) is 0 Å². The number of carbonyl (C=O) groups is 1. The lowest BCUT2D eigenvalue weighted by Gasteiger charge is -2.19. The predicted octanol–water partition coefficient (Wildman–Crippen LogP) is 25.4. The van der Waals surface area contributed by atoms with Gasteiger partial charge in [0.2, 0.25) is 5.91 Å². The minimum absolute atomic E-state index is 0.102. The van der Waals surface area contributed by atoms with Crippen molar-refractivity contribution in [1.29, 1.82) is 0 Å². The van der Waals surface area contributed by atoms with Gasteiger partial charge in [0.15, 0.2) is 0 Å². The van der Waals surface area contributed by atoms with Crippen LogP contribution in [0.25, 0.3) is 0 Å². The summed E-state index contributed by atoms with van der Waals surface area (Å²) in [6.45, 7) is 4.19. The van der Waals surface area contributed by atoms with Gasteiger partial charge >= 0.3 is 0 Å². The fourth-order valence-corrected chi connectivity index (χ4v) is 10.2. The number of carbonyl (C=O) groups excluding carboxylic acids is 1. The minimum atomic E-state index is -0.888. The number of rotatable bonds is 65. The highest BCUT2D eigenvalue weighted by Gasteiger charge is 2.18. The number of nitrogens with one attached hydrogen (secondary N) is 1. The maximum absolute atomic E-state index is 12.5. The van der Waals surface area contributed by atoms with Crippen LogP contribution in [0.2, 0.25) is 0 Å². The quantitative estimate of drug-likeness (QED) is 0.0420. The summed E-state index contributed by atoms with van der Waals surface area (Å²) in [6, 6.07) is -0.668. The van der Waals surface area contributed by atoms with E-state index in [0.29, 0.717) is 6.42 Å². The summed E-state index contributed by atoms with van der Waals surface area (Å²) in [7, 11) is 0. The Hall–Kier alpha value is -4.25. The van der Waals surface area contributed by atoms with E-state index in [1.807, 2.05) is 6.08 Å². The maximum Gasteiger partial charge on any atom is 0.220 e. The fourth-order valence-electron chi connectivity index (χ4n) is 10.2. The Labute approximate surface area is 534 Å². The summed E-state index contributed by atoms with van der Waals surface area (Å²) in [5.41, 5.74) is 0. The van der Waals surface area contributed by atoms with Gasteiger partial charge in [-0.1, -0.05) is 364 Å². The molecule has 1 amide bonds. The molecule has 0 rings (SSSR count). The lowest BCUT2D eigenvalue weighted by molar-refractivity contribution is -0.123. The normalized spacial score (nSPS) is 13.8. The summed E-state index contributed by atoms with van der Waals surface area (Å²) >= 11 is 0. The second-order valence-electron chi connectivity index (χ2n) is 23.9. The van der Waals surface area contributed by atoms with Crippen molar-refractivity contribution in [3.8, 4) is 0 Å². The third-order valence-corrected chi connectivity index (χ3v) is 15.7. The Morgan fingerprint density at radius 3 is 0.814 bits per heavy atom. The first-order chi connectivity index (χ1) is 42.7. The van der Waals surface area contributed by atoms with Crippen LogP contribution < -0.4 is 5.32 Å². The predicted molar refractivity (Wildman–Crippen MR) is 386 cm³/mol. The van der Waals surface area contributed by atoms with E-state index in [1.165, 1.54) is 173 Å². The van der Waals surface area contributed by atoms with Gasteiger partial charge in [0.1, 0.15) is 0 Å². The second kappa shape index (κ2) is 75.0. The number of aliphatic hydroxyl groups excluding tert-OH is 2. The van der Waals surface area contributed by atoms with Gasteiger partial charge < -0.3 is 15.5 Å². The number of unbranched alkanes of at least 4 members (excludes halogenated alkanes) is 32. The summed E-state index contributed by atoms with van der Waals surface area (Å²) in [5, 5.41) is 23.3. The molecule has 4 heteroatoms. The standard InChI is InChI=1S/C82H137NO3/c1-3-5-7-9-11-13-15-17-19-21-23-25-27-29-31-33-35-37-38-39-40-41-42-43-44-46-48-50-52-54-56-58-60-62-64-66-68-70-72-74-76-78-82(86)83-80(79-84)81(85)77-75-73-71-69-67-65-63-61-59-57-55-53-51-49-47-45-36-34-32-30-28-26-24-22-20-18-16-14-12-10-8-6-4-2/h5,7,11,13,17,19,23,25,29,31,35,37,39-40,42-43,46,48,52,54,58,60,64,66-67,69,75,77,80-81,84-85H,3-4,6,8-10,12,14-16,18,20-22,24,26-28,30,32-34,36,38,41,44-45,47,49-51,53,55-57,59,61-63,65,68,70-74,76,78-79H2,1-2H3,(H,83,86)/b7-5-,13-11-,19-17-,25-23-,31-29-,37-35-,40-39-,43-42-,48-46-,54-52-,60-58-,66-64-,69-67+,77-75+. The number of allylic oxidation sites excluding steroid dienone is 27. The van der Waals surface area contributed by atoms with E-state index < -0.39 is 12.1 Å². The molecule has 0 saturated heterocycles. The molecule has 0 saturated carbocycles. The van der Waals surface area contributed by atoms with Gasteiger partial charge in [-0.05, 0) is 122 Å². The molecular formula is C82H137NO3. The largest absolute Gasteiger partial charge is 0.394 e. The van der Waals surface area contributed by atoms with Crippen molar-refractivity contribution in [3.63, 3.8) is 0 Å². The van der Waals surface area contributed by atoms with Crippen molar-refractivity contribution in [3.05, 3.63) is 170 Å². The van der Waals surface area contributed by atoms with Crippen molar-refractivity contribution in [2.24, 2.45) is 0 Å². The molecule has 86 heavy (non-hydrogen) atoms. The molecule has 0 radical (unpaired) electrons. The number of aliphatic hydroxyl groups is 2. The molecule has 0 aromatic rings. The molecule has 2 unspecified atom stereocenters. The number of amides is 1. The topological polar surface area (TPSA) is 69.6 Å². The lowest BCUT2D eigenvalue weighted by atomic mass is 10.0. The molecule has 0 aliphatic carbocycles. The SMILES string of the molecule is CC/C=C\C/C=C\C/C=C\C/C=C\C/C=C\C/C=C\C/C=C\C/C=C\C/C=C\C/C=C\C/C=C\C/C=C\CCCCCCC(=O)NC(CO)C(O)/C=C/CC/C=C/CCCCCCCCCCCCCCCCCCCCCCCCCCCCC. The second-order valence-corrected chi connectivity index (χ2v) is 23.9. The molecule has 0 spiro atoms. The Bertz CT molecular complexity index is 1830. The van der Waals surface area contributed by atoms with Crippen molar-refractivity contribution < 1.29 is 15.0 Å². The molecule has 0 heterocycles. The molecule has 0 aromatic heterocycles. The van der Waals surface area contributed by atoms with Crippen molar-refractivity contribution in [1.82, 2.24) is 5.32 Å². The maximum atomic E-state index is 12.5. The molecule has 488 valence electrons. The average Bonchev–Trinajstić information content (AvgIpc) is 3.59. The molecule has 0 aliphatic rings. The Morgan fingerprint density at radius 1 is 0.291 bits per heavy atom. The summed E-state index contributed by atoms with van der Waals surface area (Å²) in [5.74, 6) is -0.102. The molecule has 0 bridgehead atoms. The van der Waals surface area contributed by atoms with Crippen molar-refractivity contribution in [2.45, 2.75) is 334 Å². The summed E-state index contributed by atoms with van der Waals surface area (Å²) in [6.07, 6.45) is 120. The smallest absolute Gasteiger partial charge is 0.220 e. The van der Waals surface area contributed by atoms with Crippen LogP contribution in [0.5, 0.6) is 0 Å². The molecule has 4 nitrogen and oxygen atoms in total. The van der Waals surface area contributed by atoms with E-state index in [-0.39, 0.29) is 12.5 Å². The Morgan fingerprint density at radius 2 is 0.523 bits per heavy atom. The highest BCUT2D eigenvalue weighted by molar-refractivity contribution is 5.76. The Kier molecular flexibility index (Phi) is 71.3. The van der Waals surface area contributed by atoms with Gasteiger partial charge in [0.25, 0.3) is 0 Å². The highest BCUT2D eigenvalue weighted by atomic mass is 16.3. The van der Waals surface area contributed by atoms with Gasteiger partial charge in [-0.25, -0.2) is 0 Å². The van der Waals surface area contributed by atoms with E-state index in [4.69, 9.17) is 0 Å². The molecule has 2 atom stereocenters. The zero-order valence-corrected chi connectivity index (χ0v) is 56.3. The third-order valence-electron chi connectivity index (χ3n) is 15.7. The van der Waals surface area contributed by atoms with Gasteiger partial charge in [0, 0.05) is 6.42 Å². The van der Waals surface area contributed by atoms with Crippen LogP contribution in [-0.2, 0) is 4.79 Å². The first-order valence-corrected chi connectivity index (χ1v) is 36.3. The third kappa shape index (κ3) is 70.5. The molecule has 3 N–H and O–H groups in total. The monoisotopic (exact) mass is 1180 g/mol. The molecule has 0 fully saturated rings. The van der Waals surface area contributed by atoms with Crippen molar-refractivity contribution >= 4 is 5.91 Å². The lowest BCUT2D eigenvalue weighted by Crippen LogP contribution is -2.45. The Balaban J connectivity index is 3.65. The van der Waals surface area contributed by atoms with Crippen LogP contribution in [0.15, 0.2) is 170 Å². The highest BCUT2D eigenvalue weighted by Crippen LogP contribution is 2.17. The van der Waals surface area contributed by atoms with Gasteiger partial charge in [0.05, 0.1) is 18.8 Å². The van der Waals surface area contributed by atoms with E-state index in [0.717, 1.165) is 128 Å². The zero-order valence-electron chi connectivity index (χ0n) is 56.3. The minimum Gasteiger partial charge on any atom is -0.394 e. The summed E-state index contributed by atoms with van der Waals surface area (Å²) < 4.78 is 0. The fraction of sp³-hybridized carbons (Fsp3) is 0.646. The zero-order chi connectivity index (χ0) is 61.9. The molecule has 0 aliphatic heterocycles. The number of hydrogen-bond acceptors (Lipinski definition) is 3. The van der Waals surface area contributed by atoms with E-state index >= 15 is 0 Å². The molecular weight excluding hydrogens is 1050 g/mol.